The fourth-order valence-corrected chi connectivity index (χ4v) is 4.48. The number of hydrogen-bond donors (Lipinski definition) is 1. The van der Waals surface area contributed by atoms with Crippen molar-refractivity contribution >= 4 is 34.4 Å². The molecule has 7 nitrogen and oxygen atoms in total. The molecule has 5 rings (SSSR count). The average Bonchev–Trinajstić information content (AvgIpc) is 2.86. The quantitative estimate of drug-likeness (QED) is 0.412. The van der Waals surface area contributed by atoms with E-state index in [0.717, 1.165) is 11.1 Å². The van der Waals surface area contributed by atoms with E-state index in [0.29, 0.717) is 45.8 Å². The molecule has 1 aromatic heterocycles. The summed E-state index contributed by atoms with van der Waals surface area (Å²) in [4.78, 5) is 47.3. The zero-order chi connectivity index (χ0) is 24.5. The van der Waals surface area contributed by atoms with Crippen LogP contribution in [0.3, 0.4) is 0 Å². The smallest absolute Gasteiger partial charge is 0.339 e. The van der Waals surface area contributed by atoms with E-state index < -0.39 is 12.1 Å². The number of H-pyrrole nitrogens is 1. The van der Waals surface area contributed by atoms with Gasteiger partial charge in [0.2, 0.25) is 0 Å². The molecule has 35 heavy (non-hydrogen) atoms. The van der Waals surface area contributed by atoms with E-state index in [-0.39, 0.29) is 18.0 Å². The summed E-state index contributed by atoms with van der Waals surface area (Å²) in [6.07, 6.45) is 0.0843. The molecular formula is C27H22ClN3O4. The molecule has 4 aromatic rings. The molecule has 0 saturated carbocycles. The lowest BCUT2D eigenvalue weighted by atomic mass is 9.93. The van der Waals surface area contributed by atoms with Crippen molar-refractivity contribution in [3.8, 4) is 0 Å². The minimum atomic E-state index is -0.400. The van der Waals surface area contributed by atoms with Gasteiger partial charge in [-0.3, -0.25) is 9.59 Å². The number of halogens is 1. The molecule has 1 N–H and O–H groups in total. The molecule has 0 saturated heterocycles. The van der Waals surface area contributed by atoms with Crippen molar-refractivity contribution in [3.63, 3.8) is 0 Å². The molecule has 0 fully saturated rings. The summed E-state index contributed by atoms with van der Waals surface area (Å²) in [5.41, 5.74) is 2.78. The number of carbonyl (C=O) groups is 2. The van der Waals surface area contributed by atoms with Gasteiger partial charge in [0.25, 0.3) is 11.5 Å². The first-order valence-electron chi connectivity index (χ1n) is 11.3. The lowest BCUT2D eigenvalue weighted by Gasteiger charge is -2.26. The van der Waals surface area contributed by atoms with Crippen LogP contribution in [0.15, 0.2) is 71.5 Å². The molecule has 1 unspecified atom stereocenters. The highest BCUT2D eigenvalue weighted by molar-refractivity contribution is 6.31. The largest absolute Gasteiger partial charge is 0.454 e. The zero-order valence-corrected chi connectivity index (χ0v) is 19.7. The molecule has 1 aliphatic heterocycles. The van der Waals surface area contributed by atoms with Gasteiger partial charge in [0.05, 0.1) is 23.0 Å². The summed E-state index contributed by atoms with van der Waals surface area (Å²) in [5.74, 6) is -0.256. The van der Waals surface area contributed by atoms with Gasteiger partial charge in [-0.1, -0.05) is 41.9 Å². The number of ether oxygens (including phenoxy) is 1. The van der Waals surface area contributed by atoms with E-state index >= 15 is 0 Å². The van der Waals surface area contributed by atoms with E-state index in [1.165, 1.54) is 0 Å². The number of hydrogen-bond acceptors (Lipinski definition) is 5. The minimum Gasteiger partial charge on any atom is -0.454 e. The maximum atomic E-state index is 13.4. The molecule has 3 aromatic carbocycles. The lowest BCUT2D eigenvalue weighted by molar-refractivity contribution is 0.0252. The van der Waals surface area contributed by atoms with Gasteiger partial charge >= 0.3 is 5.97 Å². The van der Waals surface area contributed by atoms with Crippen LogP contribution in [0.25, 0.3) is 10.9 Å². The number of nitrogens with zero attached hydrogens (tertiary/aromatic N) is 2. The number of nitrogens with one attached hydrogen (secondary N) is 1. The van der Waals surface area contributed by atoms with E-state index in [1.54, 1.807) is 41.3 Å². The Labute approximate surface area is 206 Å². The maximum absolute atomic E-state index is 13.4. The average molecular weight is 488 g/mol. The number of aromatic nitrogens is 2. The Morgan fingerprint density at radius 2 is 1.91 bits per heavy atom. The maximum Gasteiger partial charge on any atom is 0.339 e. The van der Waals surface area contributed by atoms with Crippen LogP contribution in [0.5, 0.6) is 0 Å². The normalized spacial score (nSPS) is 14.9. The summed E-state index contributed by atoms with van der Waals surface area (Å²) >= 11 is 6.05. The van der Waals surface area contributed by atoms with Gasteiger partial charge < -0.3 is 14.6 Å². The van der Waals surface area contributed by atoms with E-state index in [4.69, 9.17) is 16.3 Å². The Bertz CT molecular complexity index is 1500. The second kappa shape index (κ2) is 9.35. The highest BCUT2D eigenvalue weighted by Gasteiger charge is 2.28. The van der Waals surface area contributed by atoms with Gasteiger partial charge in [0, 0.05) is 23.6 Å². The first-order chi connectivity index (χ1) is 16.9. The molecule has 176 valence electrons. The van der Waals surface area contributed by atoms with Crippen LogP contribution < -0.4 is 5.56 Å². The summed E-state index contributed by atoms with van der Waals surface area (Å²) in [6.45, 7) is 2.38. The third-order valence-electron chi connectivity index (χ3n) is 6.13. The monoisotopic (exact) mass is 487 g/mol. The molecular weight excluding hydrogens is 466 g/mol. The minimum absolute atomic E-state index is 0.124. The van der Waals surface area contributed by atoms with E-state index in [2.05, 4.69) is 9.97 Å². The van der Waals surface area contributed by atoms with Crippen molar-refractivity contribution in [2.24, 2.45) is 0 Å². The van der Waals surface area contributed by atoms with Gasteiger partial charge in [-0.2, -0.15) is 0 Å². The van der Waals surface area contributed by atoms with Crippen molar-refractivity contribution in [1.82, 2.24) is 14.9 Å². The van der Waals surface area contributed by atoms with Crippen molar-refractivity contribution in [1.29, 1.82) is 0 Å². The van der Waals surface area contributed by atoms with Crippen LogP contribution in [0.1, 0.15) is 50.7 Å². The van der Waals surface area contributed by atoms with Crippen LogP contribution in [0.2, 0.25) is 5.02 Å². The first kappa shape index (κ1) is 22.8. The molecule has 1 atom stereocenters. The van der Waals surface area contributed by atoms with Crippen molar-refractivity contribution in [2.45, 2.75) is 26.0 Å². The predicted molar refractivity (Wildman–Crippen MR) is 133 cm³/mol. The molecule has 0 spiro atoms. The molecule has 0 radical (unpaired) electrons. The van der Waals surface area contributed by atoms with E-state index in [1.807, 2.05) is 37.3 Å². The first-order valence-corrected chi connectivity index (χ1v) is 11.7. The number of aromatic amines is 1. The number of rotatable bonds is 5. The summed E-state index contributed by atoms with van der Waals surface area (Å²) in [5, 5.41) is 0.911. The van der Waals surface area contributed by atoms with Crippen molar-refractivity contribution < 1.29 is 14.3 Å². The number of esters is 1. The van der Waals surface area contributed by atoms with Crippen LogP contribution in [0.4, 0.5) is 0 Å². The molecule has 2 heterocycles. The summed E-state index contributed by atoms with van der Waals surface area (Å²) < 4.78 is 5.62. The van der Waals surface area contributed by atoms with Crippen LogP contribution >= 0.6 is 11.6 Å². The molecule has 1 aliphatic rings. The van der Waals surface area contributed by atoms with Gasteiger partial charge in [0.15, 0.2) is 0 Å². The fourth-order valence-electron chi connectivity index (χ4n) is 4.31. The van der Waals surface area contributed by atoms with Crippen molar-refractivity contribution in [3.05, 3.63) is 110 Å². The number of carbonyl (C=O) groups excluding carboxylic acids is 2. The Hall–Kier alpha value is -3.97. The second-order valence-corrected chi connectivity index (χ2v) is 8.81. The third kappa shape index (κ3) is 4.55. The topological polar surface area (TPSA) is 92.4 Å². The zero-order valence-electron chi connectivity index (χ0n) is 19.0. The Morgan fingerprint density at radius 3 is 2.69 bits per heavy atom. The van der Waals surface area contributed by atoms with Gasteiger partial charge in [-0.25, -0.2) is 9.78 Å². The number of benzene rings is 3. The summed E-state index contributed by atoms with van der Waals surface area (Å²) in [6, 6.07) is 19.4. The van der Waals surface area contributed by atoms with Crippen LogP contribution in [-0.4, -0.2) is 33.3 Å². The summed E-state index contributed by atoms with van der Waals surface area (Å²) in [7, 11) is 0. The van der Waals surface area contributed by atoms with Crippen LogP contribution in [-0.2, 0) is 17.7 Å². The SMILES string of the molecule is CCN(Cc1nc2cc(Cl)ccc2c(=O)[nH]1)C(=O)c1ccc2c(c1)CC(c1ccccc1)OC2=O. The molecule has 1 amide bonds. The number of amides is 1. The molecule has 8 heteroatoms. The Balaban J connectivity index is 1.41. The van der Waals surface area contributed by atoms with Gasteiger partial charge in [-0.15, -0.1) is 0 Å². The molecule has 0 bridgehead atoms. The van der Waals surface area contributed by atoms with E-state index in [9.17, 15) is 14.4 Å². The Kier molecular flexibility index (Phi) is 6.09. The molecule has 0 aliphatic carbocycles. The fraction of sp³-hybridized carbons (Fsp3) is 0.185. The van der Waals surface area contributed by atoms with Gasteiger partial charge in [-0.05, 0) is 54.4 Å². The highest BCUT2D eigenvalue weighted by atomic mass is 35.5. The van der Waals surface area contributed by atoms with Crippen LogP contribution in [0, 0.1) is 0 Å². The van der Waals surface area contributed by atoms with Gasteiger partial charge in [0.1, 0.15) is 11.9 Å². The number of cyclic esters (lactones) is 1. The number of fused-ring (bicyclic) bond motifs is 2. The van der Waals surface area contributed by atoms with Crippen molar-refractivity contribution in [2.75, 3.05) is 6.54 Å². The highest BCUT2D eigenvalue weighted by Crippen LogP contribution is 2.31. The second-order valence-electron chi connectivity index (χ2n) is 8.37. The lowest BCUT2D eigenvalue weighted by Crippen LogP contribution is -2.32. The Morgan fingerprint density at radius 1 is 1.11 bits per heavy atom. The predicted octanol–water partition coefficient (Wildman–Crippen LogP) is 4.69. The standard InChI is InChI=1S/C27H22ClN3O4/c1-2-31(15-24-29-22-14-19(28)9-11-21(22)25(32)30-24)26(33)17-8-10-20-18(12-17)13-23(35-27(20)34)16-6-4-3-5-7-16/h3-12,14,23H,2,13,15H2,1H3,(H,29,30,32). The third-order valence-corrected chi connectivity index (χ3v) is 6.36.